The van der Waals surface area contributed by atoms with E-state index in [2.05, 4.69) is 20.2 Å². The Balaban J connectivity index is 1.53. The van der Waals surface area contributed by atoms with Crippen molar-refractivity contribution >= 4 is 17.5 Å². The monoisotopic (exact) mass is 526 g/mol. The molecule has 0 unspecified atom stereocenters. The molecule has 11 heteroatoms. The maximum Gasteiger partial charge on any atom is 0.416 e. The lowest BCUT2D eigenvalue weighted by atomic mass is 10.0. The first kappa shape index (κ1) is 27.2. The first-order valence-corrected chi connectivity index (χ1v) is 12.1. The van der Waals surface area contributed by atoms with Gasteiger partial charge in [0, 0.05) is 55.7 Å². The Labute approximate surface area is 218 Å². The zero-order chi connectivity index (χ0) is 27.4. The van der Waals surface area contributed by atoms with Crippen LogP contribution in [-0.2, 0) is 23.9 Å². The fourth-order valence-corrected chi connectivity index (χ4v) is 4.31. The van der Waals surface area contributed by atoms with Crippen molar-refractivity contribution in [3.63, 3.8) is 0 Å². The standard InChI is InChI=1S/C27H29F3N6O2/c1-17-3-4-18(11-22(17)24-15-32-21(14-33-24)13-25(31)37)26(38)34-20-6-5-19(23(12-20)27(28,29)30)16-36-9-7-35(2)8-10-36/h3-6,11-12,14-15H,7-10,13,16H2,1-2H3,(H2,31,37)(H,34,38). The third-order valence-corrected chi connectivity index (χ3v) is 6.50. The average Bonchev–Trinajstić information content (AvgIpc) is 2.86. The van der Waals surface area contributed by atoms with E-state index < -0.39 is 23.6 Å². The van der Waals surface area contributed by atoms with E-state index in [1.165, 1.54) is 24.5 Å². The van der Waals surface area contributed by atoms with Gasteiger partial charge in [-0.3, -0.25) is 24.5 Å². The molecular formula is C27H29F3N6O2. The fraction of sp³-hybridized carbons (Fsp3) is 0.333. The summed E-state index contributed by atoms with van der Waals surface area (Å²) in [7, 11) is 1.99. The van der Waals surface area contributed by atoms with Gasteiger partial charge in [-0.2, -0.15) is 13.2 Å². The number of amides is 2. The summed E-state index contributed by atoms with van der Waals surface area (Å²) in [6, 6.07) is 8.84. The van der Waals surface area contributed by atoms with Gasteiger partial charge < -0.3 is 16.0 Å². The summed E-state index contributed by atoms with van der Waals surface area (Å²) in [5.74, 6) is -1.08. The minimum Gasteiger partial charge on any atom is -0.369 e. The maximum absolute atomic E-state index is 13.9. The molecule has 0 radical (unpaired) electrons. The molecule has 1 aliphatic rings. The van der Waals surface area contributed by atoms with Crippen molar-refractivity contribution in [3.8, 4) is 11.3 Å². The number of nitrogens with two attached hydrogens (primary N) is 1. The molecule has 4 rings (SSSR count). The Morgan fingerprint density at radius 1 is 1.03 bits per heavy atom. The van der Waals surface area contributed by atoms with Gasteiger partial charge in [-0.05, 0) is 49.4 Å². The second-order valence-corrected chi connectivity index (χ2v) is 9.47. The second-order valence-electron chi connectivity index (χ2n) is 9.47. The van der Waals surface area contributed by atoms with Crippen LogP contribution in [0.3, 0.4) is 0 Å². The lowest BCUT2D eigenvalue weighted by Crippen LogP contribution is -2.44. The smallest absolute Gasteiger partial charge is 0.369 e. The Hall–Kier alpha value is -3.83. The number of nitrogens with one attached hydrogen (secondary N) is 1. The lowest BCUT2D eigenvalue weighted by Gasteiger charge is -2.33. The number of carbonyl (C=O) groups is 2. The van der Waals surface area contributed by atoms with Gasteiger partial charge >= 0.3 is 6.18 Å². The van der Waals surface area contributed by atoms with Crippen LogP contribution in [0.25, 0.3) is 11.3 Å². The van der Waals surface area contributed by atoms with E-state index in [-0.39, 0.29) is 29.8 Å². The van der Waals surface area contributed by atoms with E-state index in [1.807, 2.05) is 18.9 Å². The number of carbonyl (C=O) groups excluding carboxylic acids is 2. The largest absolute Gasteiger partial charge is 0.416 e. The molecule has 3 aromatic rings. The number of piperazine rings is 1. The third-order valence-electron chi connectivity index (χ3n) is 6.50. The number of benzene rings is 2. The highest BCUT2D eigenvalue weighted by molar-refractivity contribution is 6.05. The quantitative estimate of drug-likeness (QED) is 0.489. The molecule has 0 atom stereocenters. The highest BCUT2D eigenvalue weighted by atomic mass is 19.4. The van der Waals surface area contributed by atoms with Crippen molar-refractivity contribution in [1.82, 2.24) is 19.8 Å². The molecule has 1 aromatic heterocycles. The highest BCUT2D eigenvalue weighted by Gasteiger charge is 2.34. The summed E-state index contributed by atoms with van der Waals surface area (Å²) in [6.07, 6.45) is -1.67. The molecule has 0 bridgehead atoms. The minimum atomic E-state index is -4.56. The Bertz CT molecular complexity index is 1320. The molecule has 1 fully saturated rings. The number of anilines is 1. The van der Waals surface area contributed by atoms with Crippen LogP contribution in [0.1, 0.15) is 32.7 Å². The van der Waals surface area contributed by atoms with Gasteiger partial charge in [0.1, 0.15) is 0 Å². The van der Waals surface area contributed by atoms with Gasteiger partial charge in [0.25, 0.3) is 5.91 Å². The van der Waals surface area contributed by atoms with E-state index in [1.54, 1.807) is 18.2 Å². The van der Waals surface area contributed by atoms with Crippen LogP contribution in [-0.4, -0.2) is 64.8 Å². The molecule has 2 amide bonds. The van der Waals surface area contributed by atoms with E-state index in [9.17, 15) is 22.8 Å². The number of halogens is 3. The molecule has 0 aliphatic carbocycles. The van der Waals surface area contributed by atoms with Gasteiger partial charge in [-0.25, -0.2) is 0 Å². The van der Waals surface area contributed by atoms with Gasteiger partial charge in [0.2, 0.25) is 5.91 Å². The predicted molar refractivity (Wildman–Crippen MR) is 137 cm³/mol. The Morgan fingerprint density at radius 3 is 2.39 bits per heavy atom. The second kappa shape index (κ2) is 11.3. The average molecular weight is 527 g/mol. The van der Waals surface area contributed by atoms with Crippen LogP contribution in [0.15, 0.2) is 48.8 Å². The van der Waals surface area contributed by atoms with Crippen molar-refractivity contribution in [2.75, 3.05) is 38.5 Å². The number of rotatable bonds is 7. The predicted octanol–water partition coefficient (Wildman–Crippen LogP) is 3.50. The number of nitrogens with zero attached hydrogens (tertiary/aromatic N) is 4. The number of hydrogen-bond acceptors (Lipinski definition) is 6. The first-order chi connectivity index (χ1) is 18.0. The molecule has 1 saturated heterocycles. The molecule has 3 N–H and O–H groups in total. The SMILES string of the molecule is Cc1ccc(C(=O)Nc2ccc(CN3CCN(C)CC3)c(C(F)(F)F)c2)cc1-c1cnc(CC(N)=O)cn1. The molecule has 200 valence electrons. The van der Waals surface area contributed by atoms with Crippen molar-refractivity contribution < 1.29 is 22.8 Å². The molecule has 38 heavy (non-hydrogen) atoms. The van der Waals surface area contributed by atoms with Crippen molar-refractivity contribution in [3.05, 3.63) is 76.7 Å². The summed E-state index contributed by atoms with van der Waals surface area (Å²) in [5, 5.41) is 2.59. The van der Waals surface area contributed by atoms with Crippen LogP contribution < -0.4 is 11.1 Å². The van der Waals surface area contributed by atoms with Crippen LogP contribution in [0.5, 0.6) is 0 Å². The van der Waals surface area contributed by atoms with Crippen LogP contribution in [0.4, 0.5) is 18.9 Å². The van der Waals surface area contributed by atoms with Crippen molar-refractivity contribution in [2.45, 2.75) is 26.1 Å². The van der Waals surface area contributed by atoms with Crippen molar-refractivity contribution in [1.29, 1.82) is 0 Å². The first-order valence-electron chi connectivity index (χ1n) is 12.1. The van der Waals surface area contributed by atoms with Crippen LogP contribution in [0, 0.1) is 6.92 Å². The van der Waals surface area contributed by atoms with E-state index in [0.717, 1.165) is 24.7 Å². The van der Waals surface area contributed by atoms with Gasteiger partial charge in [-0.1, -0.05) is 12.1 Å². The molecular weight excluding hydrogens is 497 g/mol. The summed E-state index contributed by atoms with van der Waals surface area (Å²) in [6.45, 7) is 5.02. The number of hydrogen-bond donors (Lipinski definition) is 2. The number of aromatic nitrogens is 2. The number of aryl methyl sites for hydroxylation is 1. The van der Waals surface area contributed by atoms with E-state index in [4.69, 9.17) is 5.73 Å². The van der Waals surface area contributed by atoms with Crippen LogP contribution in [0.2, 0.25) is 0 Å². The maximum atomic E-state index is 13.9. The zero-order valence-corrected chi connectivity index (χ0v) is 21.2. The normalized spacial score (nSPS) is 14.9. The number of likely N-dealkylation sites (N-methyl/N-ethyl adjacent to an activating group) is 1. The minimum absolute atomic E-state index is 0.0389. The van der Waals surface area contributed by atoms with Gasteiger partial charge in [-0.15, -0.1) is 0 Å². The number of alkyl halides is 3. The summed E-state index contributed by atoms with van der Waals surface area (Å²) >= 11 is 0. The molecule has 2 heterocycles. The summed E-state index contributed by atoms with van der Waals surface area (Å²) < 4.78 is 41.7. The molecule has 2 aromatic carbocycles. The van der Waals surface area contributed by atoms with Gasteiger partial charge in [0.05, 0.1) is 29.6 Å². The highest BCUT2D eigenvalue weighted by Crippen LogP contribution is 2.35. The molecule has 0 spiro atoms. The van der Waals surface area contributed by atoms with Gasteiger partial charge in [0.15, 0.2) is 0 Å². The third kappa shape index (κ3) is 6.73. The van der Waals surface area contributed by atoms with E-state index in [0.29, 0.717) is 30.0 Å². The molecule has 0 saturated carbocycles. The number of primary amides is 1. The summed E-state index contributed by atoms with van der Waals surface area (Å²) in [4.78, 5) is 36.7. The molecule has 8 nitrogen and oxygen atoms in total. The molecule has 1 aliphatic heterocycles. The Kier molecular flexibility index (Phi) is 8.08. The summed E-state index contributed by atoms with van der Waals surface area (Å²) in [5.41, 5.74) is 7.28. The topological polar surface area (TPSA) is 104 Å². The van der Waals surface area contributed by atoms with E-state index >= 15 is 0 Å². The fourth-order valence-electron chi connectivity index (χ4n) is 4.31. The van der Waals surface area contributed by atoms with Crippen molar-refractivity contribution in [2.24, 2.45) is 5.73 Å². The zero-order valence-electron chi connectivity index (χ0n) is 21.2. The Morgan fingerprint density at radius 2 is 1.76 bits per heavy atom. The lowest BCUT2D eigenvalue weighted by molar-refractivity contribution is -0.138. The van der Waals surface area contributed by atoms with Crippen LogP contribution >= 0.6 is 0 Å².